The Balaban J connectivity index is 2.19. The molecule has 0 saturated heterocycles. The second kappa shape index (κ2) is 6.51. The average Bonchev–Trinajstić information content (AvgIpc) is 2.45. The van der Waals surface area contributed by atoms with Crippen LogP contribution in [0.4, 0.5) is 5.69 Å². The minimum atomic E-state index is -4.32. The molecule has 0 fully saturated rings. The van der Waals surface area contributed by atoms with Crippen molar-refractivity contribution >= 4 is 27.7 Å². The third-order valence-corrected chi connectivity index (χ3v) is 4.82. The van der Waals surface area contributed by atoms with E-state index in [1.807, 2.05) is 0 Å². The van der Waals surface area contributed by atoms with Gasteiger partial charge in [-0.2, -0.15) is 8.42 Å². The molecule has 0 heterocycles. The largest absolute Gasteiger partial charge is 0.481 e. The number of carbonyl (C=O) groups is 2. The highest BCUT2D eigenvalue weighted by molar-refractivity contribution is 7.85. The molecule has 0 spiro atoms. The number of hydrogen-bond acceptors (Lipinski definition) is 4. The number of carboxylic acid groups (broad SMARTS) is 1. The quantitative estimate of drug-likeness (QED) is 0.568. The predicted octanol–water partition coefficient (Wildman–Crippen LogP) is 1.85. The molecule has 0 bridgehead atoms. The number of hydrogen-bond donors (Lipinski definition) is 3. The lowest BCUT2D eigenvalue weighted by atomic mass is 9.82. The number of amides is 1. The van der Waals surface area contributed by atoms with Crippen LogP contribution in [0.2, 0.25) is 0 Å². The maximum atomic E-state index is 12.3. The summed E-state index contributed by atoms with van der Waals surface area (Å²) in [6, 6.07) is 3.95. The molecule has 2 rings (SSSR count). The van der Waals surface area contributed by atoms with E-state index in [-0.39, 0.29) is 10.5 Å². The van der Waals surface area contributed by atoms with Crippen molar-refractivity contribution in [3.8, 4) is 0 Å². The van der Waals surface area contributed by atoms with Crippen LogP contribution in [0.1, 0.15) is 18.4 Å². The van der Waals surface area contributed by atoms with E-state index < -0.39 is 33.8 Å². The molecule has 1 aromatic rings. The Hall–Kier alpha value is -2.19. The molecule has 23 heavy (non-hydrogen) atoms. The number of aryl methyl sites for hydroxylation is 1. The van der Waals surface area contributed by atoms with Gasteiger partial charge in [-0.05, 0) is 43.5 Å². The molecule has 1 aromatic carbocycles. The van der Waals surface area contributed by atoms with Crippen molar-refractivity contribution in [1.82, 2.24) is 0 Å². The Morgan fingerprint density at radius 1 is 1.17 bits per heavy atom. The van der Waals surface area contributed by atoms with Gasteiger partial charge in [0.15, 0.2) is 0 Å². The first-order valence-corrected chi connectivity index (χ1v) is 8.41. The maximum absolute atomic E-state index is 12.3. The summed E-state index contributed by atoms with van der Waals surface area (Å²) in [6.45, 7) is 1.49. The highest BCUT2D eigenvalue weighted by atomic mass is 32.2. The van der Waals surface area contributed by atoms with E-state index in [4.69, 9.17) is 4.55 Å². The van der Waals surface area contributed by atoms with Crippen molar-refractivity contribution in [2.75, 3.05) is 5.32 Å². The van der Waals surface area contributed by atoms with Crippen molar-refractivity contribution in [2.45, 2.75) is 24.7 Å². The van der Waals surface area contributed by atoms with Crippen LogP contribution < -0.4 is 5.32 Å². The van der Waals surface area contributed by atoms with Gasteiger partial charge in [-0.3, -0.25) is 14.1 Å². The van der Waals surface area contributed by atoms with Gasteiger partial charge in [0, 0.05) is 5.69 Å². The van der Waals surface area contributed by atoms with Crippen LogP contribution in [0.5, 0.6) is 0 Å². The Morgan fingerprint density at radius 3 is 2.30 bits per heavy atom. The van der Waals surface area contributed by atoms with Gasteiger partial charge < -0.3 is 10.4 Å². The summed E-state index contributed by atoms with van der Waals surface area (Å²) in [5, 5.41) is 11.8. The van der Waals surface area contributed by atoms with Crippen molar-refractivity contribution in [3.63, 3.8) is 0 Å². The molecule has 2 atom stereocenters. The lowest BCUT2D eigenvalue weighted by Crippen LogP contribution is -2.34. The highest BCUT2D eigenvalue weighted by Gasteiger charge is 2.34. The van der Waals surface area contributed by atoms with Crippen LogP contribution in [0.3, 0.4) is 0 Å². The number of aliphatic carboxylic acids is 1. The standard InChI is InChI=1S/C15H17NO6S/c1-9-8-10(6-7-13(9)23(20,21)22)16-14(17)11-4-2-3-5-12(11)15(18)19/h2-3,6-8,11-12H,4-5H2,1H3,(H,16,17)(H,18,19)(H,20,21,22). The number of carboxylic acids is 1. The second-order valence-corrected chi connectivity index (χ2v) is 6.83. The molecule has 0 aliphatic heterocycles. The topological polar surface area (TPSA) is 121 Å². The van der Waals surface area contributed by atoms with E-state index in [0.29, 0.717) is 18.5 Å². The minimum absolute atomic E-state index is 0.237. The summed E-state index contributed by atoms with van der Waals surface area (Å²) in [5.74, 6) is -2.91. The number of carbonyl (C=O) groups excluding carboxylic acids is 1. The van der Waals surface area contributed by atoms with Gasteiger partial charge in [0.05, 0.1) is 16.7 Å². The molecule has 3 N–H and O–H groups in total. The van der Waals surface area contributed by atoms with E-state index in [2.05, 4.69) is 5.32 Å². The zero-order valence-corrected chi connectivity index (χ0v) is 13.2. The SMILES string of the molecule is Cc1cc(NC(=O)C2CC=CCC2C(=O)O)ccc1S(=O)(=O)O. The summed E-state index contributed by atoms with van der Waals surface area (Å²) >= 11 is 0. The fraction of sp³-hybridized carbons (Fsp3) is 0.333. The van der Waals surface area contributed by atoms with E-state index >= 15 is 0 Å². The molecular formula is C15H17NO6S. The van der Waals surface area contributed by atoms with E-state index in [0.717, 1.165) is 0 Å². The lowest BCUT2D eigenvalue weighted by Gasteiger charge is -2.24. The molecule has 0 saturated carbocycles. The minimum Gasteiger partial charge on any atom is -0.481 e. The number of anilines is 1. The molecule has 1 amide bonds. The fourth-order valence-corrected chi connectivity index (χ4v) is 3.33. The zero-order chi connectivity index (χ0) is 17.2. The van der Waals surface area contributed by atoms with Gasteiger partial charge in [-0.1, -0.05) is 12.2 Å². The summed E-state index contributed by atoms with van der Waals surface area (Å²) in [4.78, 5) is 23.3. The molecule has 0 radical (unpaired) electrons. The van der Waals surface area contributed by atoms with Gasteiger partial charge in [-0.15, -0.1) is 0 Å². The molecule has 8 heteroatoms. The third-order valence-electron chi connectivity index (χ3n) is 3.81. The molecular weight excluding hydrogens is 322 g/mol. The van der Waals surface area contributed by atoms with E-state index in [9.17, 15) is 23.1 Å². The van der Waals surface area contributed by atoms with Crippen LogP contribution in [0, 0.1) is 18.8 Å². The van der Waals surface area contributed by atoms with Crippen LogP contribution in [-0.4, -0.2) is 30.0 Å². The first-order valence-electron chi connectivity index (χ1n) is 6.97. The molecule has 124 valence electrons. The van der Waals surface area contributed by atoms with E-state index in [1.165, 1.54) is 25.1 Å². The van der Waals surface area contributed by atoms with Gasteiger partial charge in [0.2, 0.25) is 5.91 Å². The Morgan fingerprint density at radius 2 is 1.78 bits per heavy atom. The Labute approximate surface area is 133 Å². The van der Waals surface area contributed by atoms with Crippen LogP contribution in [0.25, 0.3) is 0 Å². The first kappa shape index (κ1) is 17.2. The van der Waals surface area contributed by atoms with E-state index in [1.54, 1.807) is 12.2 Å². The van der Waals surface area contributed by atoms with Crippen LogP contribution in [0.15, 0.2) is 35.2 Å². The Kier molecular flexibility index (Phi) is 4.86. The smallest absolute Gasteiger partial charge is 0.307 e. The van der Waals surface area contributed by atoms with Crippen molar-refractivity contribution in [2.24, 2.45) is 11.8 Å². The average molecular weight is 339 g/mol. The fourth-order valence-electron chi connectivity index (χ4n) is 2.63. The molecule has 7 nitrogen and oxygen atoms in total. The van der Waals surface area contributed by atoms with Gasteiger partial charge >= 0.3 is 5.97 Å². The molecule has 2 unspecified atom stereocenters. The number of nitrogens with one attached hydrogen (secondary N) is 1. The number of benzene rings is 1. The highest BCUT2D eigenvalue weighted by Crippen LogP contribution is 2.28. The first-order chi connectivity index (χ1) is 10.7. The van der Waals surface area contributed by atoms with Gasteiger partial charge in [-0.25, -0.2) is 0 Å². The normalized spacial score (nSPS) is 21.0. The van der Waals surface area contributed by atoms with Crippen molar-refractivity contribution in [1.29, 1.82) is 0 Å². The maximum Gasteiger partial charge on any atom is 0.307 e. The zero-order valence-electron chi connectivity index (χ0n) is 12.4. The second-order valence-electron chi connectivity index (χ2n) is 5.44. The monoisotopic (exact) mass is 339 g/mol. The Bertz CT molecular complexity index is 768. The number of allylic oxidation sites excluding steroid dienone is 2. The summed E-state index contributed by atoms with van der Waals surface area (Å²) in [5.41, 5.74) is 0.627. The number of rotatable bonds is 4. The molecule has 1 aliphatic carbocycles. The third kappa shape index (κ3) is 3.96. The van der Waals surface area contributed by atoms with Crippen molar-refractivity contribution in [3.05, 3.63) is 35.9 Å². The van der Waals surface area contributed by atoms with Crippen LogP contribution >= 0.6 is 0 Å². The molecule has 0 aromatic heterocycles. The predicted molar refractivity (Wildman–Crippen MR) is 82.6 cm³/mol. The van der Waals surface area contributed by atoms with Gasteiger partial charge in [0.1, 0.15) is 0 Å². The molecule has 1 aliphatic rings. The summed E-state index contributed by atoms with van der Waals surface area (Å²) in [7, 11) is -4.32. The lowest BCUT2D eigenvalue weighted by molar-refractivity contribution is -0.146. The van der Waals surface area contributed by atoms with Gasteiger partial charge in [0.25, 0.3) is 10.1 Å². The van der Waals surface area contributed by atoms with Crippen LogP contribution in [-0.2, 0) is 19.7 Å². The summed E-state index contributed by atoms with van der Waals surface area (Å²) < 4.78 is 31.3. The summed E-state index contributed by atoms with van der Waals surface area (Å²) in [6.07, 6.45) is 4.16. The van der Waals surface area contributed by atoms with Crippen molar-refractivity contribution < 1.29 is 27.7 Å².